The first kappa shape index (κ1) is 14.4. The fraction of sp³-hybridized carbons (Fsp3) is 0.308. The number of amidine groups is 1. The van der Waals surface area contributed by atoms with Crippen molar-refractivity contribution in [2.45, 2.75) is 20.4 Å². The van der Waals surface area contributed by atoms with Crippen LogP contribution in [-0.2, 0) is 6.54 Å². The lowest BCUT2D eigenvalue weighted by Gasteiger charge is -2.06. The first-order valence-corrected chi connectivity index (χ1v) is 6.85. The van der Waals surface area contributed by atoms with Crippen LogP contribution in [0.3, 0.4) is 0 Å². The average Bonchev–Trinajstić information content (AvgIpc) is 2.41. The third-order valence-corrected chi connectivity index (χ3v) is 3.01. The summed E-state index contributed by atoms with van der Waals surface area (Å²) < 4.78 is 1.65. The Hall–Kier alpha value is -1.62. The molecule has 0 bridgehead atoms. The molecule has 0 saturated heterocycles. The number of pyridine rings is 1. The van der Waals surface area contributed by atoms with E-state index in [9.17, 15) is 4.79 Å². The Balaban J connectivity index is 3.22. The van der Waals surface area contributed by atoms with E-state index < -0.39 is 0 Å². The van der Waals surface area contributed by atoms with Crippen molar-refractivity contribution in [2.24, 2.45) is 9.98 Å². The van der Waals surface area contributed by atoms with Crippen LogP contribution in [0.2, 0.25) is 0 Å². The highest BCUT2D eigenvalue weighted by Gasteiger charge is 2.03. The number of thioether (sulfide) groups is 1. The predicted octanol–water partition coefficient (Wildman–Crippen LogP) is 2.65. The fourth-order valence-electron chi connectivity index (χ4n) is 1.47. The summed E-state index contributed by atoms with van der Waals surface area (Å²) in [6, 6.07) is 3.33. The van der Waals surface area contributed by atoms with Crippen LogP contribution in [0.1, 0.15) is 19.4 Å². The van der Waals surface area contributed by atoms with Crippen LogP contribution in [0.5, 0.6) is 0 Å². The Kier molecular flexibility index (Phi) is 5.58. The van der Waals surface area contributed by atoms with Crippen molar-refractivity contribution in [2.75, 3.05) is 6.26 Å². The highest BCUT2D eigenvalue weighted by Crippen LogP contribution is 2.16. The summed E-state index contributed by atoms with van der Waals surface area (Å²) >= 11 is 1.43. The zero-order valence-corrected chi connectivity index (χ0v) is 11.7. The molecule has 1 rings (SSSR count). The number of aryl methyl sites for hydroxylation is 1. The van der Waals surface area contributed by atoms with Gasteiger partial charge in [-0.25, -0.2) is 9.98 Å². The topological polar surface area (TPSA) is 46.7 Å². The molecule has 0 atom stereocenters. The van der Waals surface area contributed by atoms with Crippen LogP contribution in [-0.4, -0.2) is 22.7 Å². The molecule has 1 heterocycles. The van der Waals surface area contributed by atoms with Gasteiger partial charge in [-0.1, -0.05) is 17.8 Å². The van der Waals surface area contributed by atoms with Gasteiger partial charge >= 0.3 is 0 Å². The Morgan fingerprint density at radius 2 is 2.28 bits per heavy atom. The molecule has 4 nitrogen and oxygen atoms in total. The second-order valence-electron chi connectivity index (χ2n) is 3.47. The number of rotatable bonds is 3. The van der Waals surface area contributed by atoms with Crippen LogP contribution in [0.15, 0.2) is 39.2 Å². The van der Waals surface area contributed by atoms with Gasteiger partial charge < -0.3 is 4.57 Å². The molecule has 18 heavy (non-hydrogen) atoms. The van der Waals surface area contributed by atoms with E-state index >= 15 is 0 Å². The molecule has 96 valence electrons. The number of aliphatic imine (C=N–C) groups is 2. The Bertz CT molecular complexity index is 543. The molecule has 0 fully saturated rings. The van der Waals surface area contributed by atoms with Crippen molar-refractivity contribution in [1.82, 2.24) is 4.57 Å². The molecule has 1 aromatic heterocycles. The zero-order chi connectivity index (χ0) is 13.5. The number of aromatic nitrogens is 1. The maximum Gasteiger partial charge on any atom is 0.250 e. The minimum Gasteiger partial charge on any atom is -0.315 e. The number of hydrogen-bond acceptors (Lipinski definition) is 3. The first-order chi connectivity index (χ1) is 8.65. The van der Waals surface area contributed by atoms with Crippen molar-refractivity contribution in [3.05, 3.63) is 40.3 Å². The lowest BCUT2D eigenvalue weighted by Crippen LogP contribution is -2.17. The van der Waals surface area contributed by atoms with E-state index in [-0.39, 0.29) is 5.56 Å². The van der Waals surface area contributed by atoms with Crippen LogP contribution in [0.25, 0.3) is 5.70 Å². The Morgan fingerprint density at radius 3 is 2.78 bits per heavy atom. The Morgan fingerprint density at radius 1 is 1.56 bits per heavy atom. The molecule has 0 unspecified atom stereocenters. The van der Waals surface area contributed by atoms with E-state index in [1.807, 2.05) is 32.4 Å². The summed E-state index contributed by atoms with van der Waals surface area (Å²) in [6.45, 7) is 7.95. The van der Waals surface area contributed by atoms with E-state index in [2.05, 4.69) is 16.7 Å². The molecule has 0 N–H and O–H groups in total. The summed E-state index contributed by atoms with van der Waals surface area (Å²) in [7, 11) is 0. The minimum absolute atomic E-state index is 0.00683. The molecular weight excluding hydrogens is 246 g/mol. The van der Waals surface area contributed by atoms with Crippen molar-refractivity contribution in [3.8, 4) is 0 Å². The van der Waals surface area contributed by atoms with Crippen LogP contribution < -0.4 is 5.56 Å². The summed E-state index contributed by atoms with van der Waals surface area (Å²) in [5, 5.41) is 0.609. The van der Waals surface area contributed by atoms with E-state index in [1.165, 1.54) is 11.8 Å². The molecular formula is C13H17N3OS. The molecule has 5 heteroatoms. The summed E-state index contributed by atoms with van der Waals surface area (Å²) in [6.07, 6.45) is 5.59. The van der Waals surface area contributed by atoms with Gasteiger partial charge in [-0.3, -0.25) is 4.79 Å². The van der Waals surface area contributed by atoms with Gasteiger partial charge in [0.1, 0.15) is 0 Å². The maximum absolute atomic E-state index is 11.5. The molecule has 1 aromatic rings. The van der Waals surface area contributed by atoms with Crippen LogP contribution in [0, 0.1) is 0 Å². The van der Waals surface area contributed by atoms with E-state index in [0.29, 0.717) is 11.7 Å². The molecule has 0 aromatic carbocycles. The van der Waals surface area contributed by atoms with Gasteiger partial charge in [0, 0.05) is 24.4 Å². The number of nitrogens with zero attached hydrogens (tertiary/aromatic N) is 3. The quantitative estimate of drug-likeness (QED) is 0.621. The highest BCUT2D eigenvalue weighted by atomic mass is 32.2. The zero-order valence-electron chi connectivity index (χ0n) is 10.9. The summed E-state index contributed by atoms with van der Waals surface area (Å²) in [4.78, 5) is 19.8. The normalized spacial score (nSPS) is 12.6. The first-order valence-electron chi connectivity index (χ1n) is 5.62. The maximum atomic E-state index is 11.5. The lowest BCUT2D eigenvalue weighted by molar-refractivity contribution is 0.725. The molecule has 0 saturated carbocycles. The summed E-state index contributed by atoms with van der Waals surface area (Å²) in [5.41, 5.74) is 1.68. The molecule has 0 amide bonds. The smallest absolute Gasteiger partial charge is 0.250 e. The average molecular weight is 263 g/mol. The van der Waals surface area contributed by atoms with Gasteiger partial charge in [-0.15, -0.1) is 0 Å². The van der Waals surface area contributed by atoms with E-state index in [4.69, 9.17) is 0 Å². The highest BCUT2D eigenvalue weighted by molar-refractivity contribution is 8.13. The molecule has 0 aliphatic heterocycles. The molecule has 0 aliphatic rings. The van der Waals surface area contributed by atoms with Gasteiger partial charge in [-0.2, -0.15) is 0 Å². The fourth-order valence-corrected chi connectivity index (χ4v) is 1.79. The largest absolute Gasteiger partial charge is 0.315 e. The second-order valence-corrected chi connectivity index (χ2v) is 4.25. The second kappa shape index (κ2) is 6.96. The number of hydrogen-bond donors (Lipinski definition) is 0. The van der Waals surface area contributed by atoms with Crippen LogP contribution in [0.4, 0.5) is 0 Å². The molecule has 0 radical (unpaired) electrons. The van der Waals surface area contributed by atoms with Gasteiger partial charge in [0.05, 0.1) is 5.70 Å². The Labute approximate surface area is 111 Å². The van der Waals surface area contributed by atoms with Gasteiger partial charge in [0.25, 0.3) is 5.56 Å². The van der Waals surface area contributed by atoms with Crippen molar-refractivity contribution >= 4 is 29.3 Å². The monoisotopic (exact) mass is 263 g/mol. The van der Waals surface area contributed by atoms with E-state index in [0.717, 1.165) is 11.3 Å². The van der Waals surface area contributed by atoms with E-state index in [1.54, 1.807) is 16.7 Å². The SMILES string of the molecule is C=NC(=N/C(=C\C)c1ccc(=O)n(CC)c1)SC. The van der Waals surface area contributed by atoms with Crippen molar-refractivity contribution < 1.29 is 0 Å². The van der Waals surface area contributed by atoms with Gasteiger partial charge in [0.15, 0.2) is 5.17 Å². The minimum atomic E-state index is -0.00683. The molecule has 0 aliphatic carbocycles. The van der Waals surface area contributed by atoms with Gasteiger partial charge in [0.2, 0.25) is 0 Å². The summed E-state index contributed by atoms with van der Waals surface area (Å²) in [5.74, 6) is 0. The standard InChI is InChI=1S/C13H17N3OS/c1-5-11(15-13(14-3)18-4)10-7-8-12(17)16(6-2)9-10/h5,7-9H,3,6H2,1-2,4H3/b11-5-,15-13?. The van der Waals surface area contributed by atoms with Crippen LogP contribution >= 0.6 is 11.8 Å². The third kappa shape index (κ3) is 3.43. The van der Waals surface area contributed by atoms with Gasteiger partial charge in [-0.05, 0) is 32.9 Å². The lowest BCUT2D eigenvalue weighted by atomic mass is 10.2. The predicted molar refractivity (Wildman–Crippen MR) is 80.5 cm³/mol. The number of allylic oxidation sites excluding steroid dienone is 1. The molecule has 0 spiro atoms. The van der Waals surface area contributed by atoms with Crippen molar-refractivity contribution in [3.63, 3.8) is 0 Å². The van der Waals surface area contributed by atoms with Crippen molar-refractivity contribution in [1.29, 1.82) is 0 Å². The third-order valence-electron chi connectivity index (χ3n) is 2.43.